The highest BCUT2D eigenvalue weighted by Gasteiger charge is 2.65. The first kappa shape index (κ1) is 24.8. The van der Waals surface area contributed by atoms with E-state index in [9.17, 15) is 39.6 Å². The Hall–Kier alpha value is -2.83. The molecule has 6 nitrogen and oxygen atoms in total. The smallest absolute Gasteiger partial charge is 0.349 e. The number of hydrogen-bond acceptors (Lipinski definition) is 4. The SMILES string of the molecule is C[C@H](NC(=O)[C@H]1C[C@@]1(c1ccc(C(F)(F)F)nc1)C(F)F)c1ccc(NS(C)(=O)=O)c(F)c1. The van der Waals surface area contributed by atoms with Gasteiger partial charge in [0.2, 0.25) is 22.4 Å². The van der Waals surface area contributed by atoms with Crippen molar-refractivity contribution in [1.82, 2.24) is 10.3 Å². The van der Waals surface area contributed by atoms with Crippen molar-refractivity contribution in [3.05, 3.63) is 59.2 Å². The van der Waals surface area contributed by atoms with Gasteiger partial charge in [0.25, 0.3) is 0 Å². The molecule has 1 aromatic heterocycles. The molecule has 3 rings (SSSR count). The van der Waals surface area contributed by atoms with E-state index in [-0.39, 0.29) is 23.2 Å². The molecule has 1 aliphatic carbocycles. The van der Waals surface area contributed by atoms with Crippen LogP contribution >= 0.6 is 0 Å². The molecule has 0 bridgehead atoms. The van der Waals surface area contributed by atoms with Crippen molar-refractivity contribution in [2.24, 2.45) is 5.92 Å². The van der Waals surface area contributed by atoms with Crippen LogP contribution in [0.4, 0.5) is 32.0 Å². The van der Waals surface area contributed by atoms with Gasteiger partial charge in [-0.1, -0.05) is 12.1 Å². The molecule has 33 heavy (non-hydrogen) atoms. The van der Waals surface area contributed by atoms with E-state index in [1.807, 2.05) is 4.72 Å². The largest absolute Gasteiger partial charge is 0.433 e. The summed E-state index contributed by atoms with van der Waals surface area (Å²) in [6, 6.07) is 4.16. The van der Waals surface area contributed by atoms with Crippen LogP contribution < -0.4 is 10.0 Å². The number of anilines is 1. The number of alkyl halides is 5. The van der Waals surface area contributed by atoms with Crippen molar-refractivity contribution >= 4 is 21.6 Å². The zero-order chi connectivity index (χ0) is 24.8. The second kappa shape index (κ2) is 8.50. The van der Waals surface area contributed by atoms with Crippen LogP contribution in [0, 0.1) is 11.7 Å². The molecule has 1 saturated carbocycles. The van der Waals surface area contributed by atoms with Crippen LogP contribution in [0.15, 0.2) is 36.5 Å². The van der Waals surface area contributed by atoms with Crippen LogP contribution in [0.25, 0.3) is 0 Å². The van der Waals surface area contributed by atoms with Crippen molar-refractivity contribution < 1.29 is 39.6 Å². The fraction of sp³-hybridized carbons (Fsp3) is 0.400. The van der Waals surface area contributed by atoms with Crippen LogP contribution in [-0.4, -0.2) is 32.0 Å². The van der Waals surface area contributed by atoms with E-state index in [1.54, 1.807) is 0 Å². The molecule has 0 unspecified atom stereocenters. The Morgan fingerprint density at radius 1 is 1.21 bits per heavy atom. The number of pyridine rings is 1. The molecule has 1 amide bonds. The number of aromatic nitrogens is 1. The fourth-order valence-electron chi connectivity index (χ4n) is 3.61. The van der Waals surface area contributed by atoms with Gasteiger partial charge >= 0.3 is 6.18 Å². The van der Waals surface area contributed by atoms with Crippen LogP contribution in [0.3, 0.4) is 0 Å². The third-order valence-electron chi connectivity index (χ3n) is 5.45. The summed E-state index contributed by atoms with van der Waals surface area (Å²) in [5.41, 5.74) is -3.43. The molecule has 1 aliphatic rings. The molecule has 3 atom stereocenters. The van der Waals surface area contributed by atoms with E-state index >= 15 is 0 Å². The number of rotatable bonds is 7. The Kier molecular flexibility index (Phi) is 6.39. The Bertz CT molecular complexity index is 1150. The van der Waals surface area contributed by atoms with Crippen molar-refractivity contribution in [3.8, 4) is 0 Å². The summed E-state index contributed by atoms with van der Waals surface area (Å²) in [5.74, 6) is -2.89. The van der Waals surface area contributed by atoms with E-state index in [2.05, 4.69) is 10.3 Å². The number of carbonyl (C=O) groups is 1. The Labute approximate surface area is 185 Å². The van der Waals surface area contributed by atoms with Crippen LogP contribution in [0.1, 0.15) is 36.2 Å². The summed E-state index contributed by atoms with van der Waals surface area (Å²) in [6.07, 6.45) is -6.49. The highest BCUT2D eigenvalue weighted by Crippen LogP contribution is 2.58. The number of benzene rings is 1. The third kappa shape index (κ3) is 5.23. The van der Waals surface area contributed by atoms with Gasteiger partial charge in [0.05, 0.1) is 29.3 Å². The number of sulfonamides is 1. The number of nitrogens with one attached hydrogen (secondary N) is 2. The van der Waals surface area contributed by atoms with Gasteiger partial charge in [-0.05, 0) is 42.7 Å². The lowest BCUT2D eigenvalue weighted by molar-refractivity contribution is -0.141. The Morgan fingerprint density at radius 3 is 2.36 bits per heavy atom. The lowest BCUT2D eigenvalue weighted by Gasteiger charge is -2.19. The van der Waals surface area contributed by atoms with E-state index in [4.69, 9.17) is 0 Å². The van der Waals surface area contributed by atoms with E-state index in [1.165, 1.54) is 13.0 Å². The summed E-state index contributed by atoms with van der Waals surface area (Å²) in [7, 11) is -3.71. The van der Waals surface area contributed by atoms with Gasteiger partial charge in [-0.2, -0.15) is 13.2 Å². The van der Waals surface area contributed by atoms with Gasteiger partial charge < -0.3 is 5.32 Å². The van der Waals surface area contributed by atoms with Gasteiger partial charge in [-0.3, -0.25) is 14.5 Å². The number of halogens is 6. The predicted molar refractivity (Wildman–Crippen MR) is 106 cm³/mol. The standard InChI is InChI=1S/C20H19F6N3O3S/c1-10(11-3-5-15(14(21)7-11)29-33(2,31)32)28-17(30)13-8-19(13,18(22)23)12-4-6-16(27-9-12)20(24,25)26/h3-7,9-10,13,18,29H,8H2,1-2H3,(H,28,30)/t10-,13+,19-/m0/s1. The lowest BCUT2D eigenvalue weighted by Crippen LogP contribution is -2.33. The average Bonchev–Trinajstić information content (AvgIpc) is 3.45. The summed E-state index contributed by atoms with van der Waals surface area (Å²) in [6.45, 7) is 1.47. The van der Waals surface area contributed by atoms with Crippen molar-refractivity contribution in [1.29, 1.82) is 0 Å². The molecule has 0 radical (unpaired) electrons. The van der Waals surface area contributed by atoms with Crippen molar-refractivity contribution in [2.45, 2.75) is 37.4 Å². The van der Waals surface area contributed by atoms with Crippen molar-refractivity contribution in [3.63, 3.8) is 0 Å². The molecule has 180 valence electrons. The first-order valence-electron chi connectivity index (χ1n) is 9.54. The molecule has 2 aromatic rings. The molecule has 13 heteroatoms. The predicted octanol–water partition coefficient (Wildman–Crippen LogP) is 4.01. The number of nitrogens with zero attached hydrogens (tertiary/aromatic N) is 1. The maximum atomic E-state index is 14.2. The highest BCUT2D eigenvalue weighted by atomic mass is 32.2. The molecule has 0 saturated heterocycles. The average molecular weight is 495 g/mol. The molecule has 0 spiro atoms. The summed E-state index contributed by atoms with van der Waals surface area (Å²) < 4.78 is 104. The first-order chi connectivity index (χ1) is 15.1. The molecule has 1 fully saturated rings. The summed E-state index contributed by atoms with van der Waals surface area (Å²) in [5, 5.41) is 2.49. The summed E-state index contributed by atoms with van der Waals surface area (Å²) in [4.78, 5) is 15.8. The number of amides is 1. The third-order valence-corrected chi connectivity index (χ3v) is 6.04. The maximum Gasteiger partial charge on any atom is 0.433 e. The normalized spacial score (nSPS) is 21.5. The Morgan fingerprint density at radius 2 is 1.88 bits per heavy atom. The molecule has 0 aliphatic heterocycles. The van der Waals surface area contributed by atoms with E-state index in [0.717, 1.165) is 24.5 Å². The fourth-order valence-corrected chi connectivity index (χ4v) is 4.17. The molecular formula is C20H19F6N3O3S. The van der Waals surface area contributed by atoms with Gasteiger partial charge in [0.1, 0.15) is 11.5 Å². The van der Waals surface area contributed by atoms with Gasteiger partial charge in [-0.15, -0.1) is 0 Å². The van der Waals surface area contributed by atoms with Crippen LogP contribution in [0.5, 0.6) is 0 Å². The first-order valence-corrected chi connectivity index (χ1v) is 11.4. The molecule has 2 N–H and O–H groups in total. The zero-order valence-corrected chi connectivity index (χ0v) is 18.1. The minimum absolute atomic E-state index is 0.180. The quantitative estimate of drug-likeness (QED) is 0.569. The van der Waals surface area contributed by atoms with E-state index in [0.29, 0.717) is 12.3 Å². The minimum atomic E-state index is -4.73. The lowest BCUT2D eigenvalue weighted by atomic mass is 9.94. The minimum Gasteiger partial charge on any atom is -0.349 e. The van der Waals surface area contributed by atoms with Crippen molar-refractivity contribution in [2.75, 3.05) is 11.0 Å². The number of hydrogen-bond donors (Lipinski definition) is 2. The highest BCUT2D eigenvalue weighted by molar-refractivity contribution is 7.92. The zero-order valence-electron chi connectivity index (χ0n) is 17.3. The molecular weight excluding hydrogens is 476 g/mol. The molecule has 1 heterocycles. The van der Waals surface area contributed by atoms with Crippen LogP contribution in [-0.2, 0) is 26.4 Å². The topological polar surface area (TPSA) is 88.2 Å². The van der Waals surface area contributed by atoms with Crippen LogP contribution in [0.2, 0.25) is 0 Å². The monoisotopic (exact) mass is 495 g/mol. The second-order valence-corrected chi connectivity index (χ2v) is 9.62. The maximum absolute atomic E-state index is 14.2. The Balaban J connectivity index is 1.74. The van der Waals surface area contributed by atoms with E-state index < -0.39 is 57.4 Å². The van der Waals surface area contributed by atoms with Gasteiger partial charge in [0.15, 0.2) is 0 Å². The second-order valence-electron chi connectivity index (χ2n) is 7.87. The molecule has 1 aromatic carbocycles. The number of carbonyl (C=O) groups excluding carboxylic acids is 1. The summed E-state index contributed by atoms with van der Waals surface area (Å²) >= 11 is 0. The van der Waals surface area contributed by atoms with Gasteiger partial charge in [0, 0.05) is 6.20 Å². The van der Waals surface area contributed by atoms with Gasteiger partial charge in [-0.25, -0.2) is 21.6 Å².